The number of aryl methyl sites for hydroxylation is 1. The van der Waals surface area contributed by atoms with Crippen LogP contribution in [0.2, 0.25) is 0 Å². The standard InChI is InChI=1S/C18H19N5O2/c1-22-6-4-13-8-15(2-3-16(13)22)25-18-9-14(20-12-21-18)10-23-7-5-19-17(24)11-23/h2-4,6,8-9,12H,5,7,10-11H2,1H3,(H,19,24). The van der Waals surface area contributed by atoms with Gasteiger partial charge in [0.2, 0.25) is 11.8 Å². The van der Waals surface area contributed by atoms with Crippen LogP contribution in [-0.4, -0.2) is 45.0 Å². The van der Waals surface area contributed by atoms with Crippen molar-refractivity contribution in [1.82, 2.24) is 24.8 Å². The van der Waals surface area contributed by atoms with Crippen molar-refractivity contribution >= 4 is 16.8 Å². The lowest BCUT2D eigenvalue weighted by atomic mass is 10.2. The number of carbonyl (C=O) groups excluding carboxylic acids is 1. The first-order valence-corrected chi connectivity index (χ1v) is 8.20. The maximum atomic E-state index is 11.5. The second-order valence-electron chi connectivity index (χ2n) is 6.16. The van der Waals surface area contributed by atoms with E-state index < -0.39 is 0 Å². The quantitative estimate of drug-likeness (QED) is 0.784. The van der Waals surface area contributed by atoms with Crippen LogP contribution in [0.25, 0.3) is 10.9 Å². The molecule has 0 bridgehead atoms. The molecule has 0 saturated carbocycles. The summed E-state index contributed by atoms with van der Waals surface area (Å²) in [7, 11) is 2.01. The van der Waals surface area contributed by atoms with Crippen molar-refractivity contribution in [2.45, 2.75) is 6.54 Å². The van der Waals surface area contributed by atoms with Gasteiger partial charge in [-0.05, 0) is 24.3 Å². The van der Waals surface area contributed by atoms with Gasteiger partial charge in [-0.15, -0.1) is 0 Å². The molecule has 1 aliphatic heterocycles. The Morgan fingerprint density at radius 3 is 3.04 bits per heavy atom. The van der Waals surface area contributed by atoms with E-state index in [1.165, 1.54) is 6.33 Å². The van der Waals surface area contributed by atoms with E-state index in [0.717, 1.165) is 28.9 Å². The number of nitrogens with zero attached hydrogens (tertiary/aromatic N) is 4. The minimum Gasteiger partial charge on any atom is -0.439 e. The van der Waals surface area contributed by atoms with Crippen LogP contribution in [0.4, 0.5) is 0 Å². The molecule has 1 N–H and O–H groups in total. The maximum Gasteiger partial charge on any atom is 0.234 e. The average molecular weight is 337 g/mol. The summed E-state index contributed by atoms with van der Waals surface area (Å²) in [6, 6.07) is 9.82. The van der Waals surface area contributed by atoms with Crippen molar-refractivity contribution in [3.8, 4) is 11.6 Å². The Hall–Kier alpha value is -2.93. The Labute approximate surface area is 145 Å². The number of aromatic nitrogens is 3. The van der Waals surface area contributed by atoms with Crippen LogP contribution in [0.1, 0.15) is 5.69 Å². The summed E-state index contributed by atoms with van der Waals surface area (Å²) in [5.74, 6) is 1.29. The van der Waals surface area contributed by atoms with Crippen LogP contribution in [0.3, 0.4) is 0 Å². The van der Waals surface area contributed by atoms with Gasteiger partial charge >= 0.3 is 0 Å². The molecule has 1 saturated heterocycles. The van der Waals surface area contributed by atoms with E-state index in [-0.39, 0.29) is 5.91 Å². The molecule has 0 aliphatic carbocycles. The lowest BCUT2D eigenvalue weighted by molar-refractivity contribution is -0.124. The zero-order valence-corrected chi connectivity index (χ0v) is 14.0. The molecule has 4 rings (SSSR count). The van der Waals surface area contributed by atoms with E-state index in [1.807, 2.05) is 37.5 Å². The highest BCUT2D eigenvalue weighted by Gasteiger charge is 2.17. The zero-order chi connectivity index (χ0) is 17.2. The van der Waals surface area contributed by atoms with Gasteiger partial charge in [0.25, 0.3) is 0 Å². The van der Waals surface area contributed by atoms with Crippen molar-refractivity contribution in [3.05, 3.63) is 48.5 Å². The van der Waals surface area contributed by atoms with Crippen molar-refractivity contribution in [1.29, 1.82) is 0 Å². The van der Waals surface area contributed by atoms with Gasteiger partial charge in [-0.2, -0.15) is 0 Å². The minimum absolute atomic E-state index is 0.0490. The van der Waals surface area contributed by atoms with Crippen LogP contribution in [0.15, 0.2) is 42.9 Å². The van der Waals surface area contributed by atoms with Gasteiger partial charge in [-0.25, -0.2) is 9.97 Å². The van der Waals surface area contributed by atoms with E-state index in [1.54, 1.807) is 0 Å². The number of benzene rings is 1. The summed E-state index contributed by atoms with van der Waals surface area (Å²) in [5, 5.41) is 3.94. The molecule has 1 fully saturated rings. The lowest BCUT2D eigenvalue weighted by Crippen LogP contribution is -2.47. The predicted octanol–water partition coefficient (Wildman–Crippen LogP) is 1.69. The molecule has 25 heavy (non-hydrogen) atoms. The number of rotatable bonds is 4. The first-order valence-electron chi connectivity index (χ1n) is 8.20. The normalized spacial score (nSPS) is 15.3. The number of hydrogen-bond donors (Lipinski definition) is 1. The fraction of sp³-hybridized carbons (Fsp3) is 0.278. The third-order valence-corrected chi connectivity index (χ3v) is 4.28. The third kappa shape index (κ3) is 3.46. The minimum atomic E-state index is 0.0490. The van der Waals surface area contributed by atoms with Gasteiger partial charge in [0.1, 0.15) is 12.1 Å². The van der Waals surface area contributed by atoms with Gasteiger partial charge in [0.05, 0.1) is 12.2 Å². The van der Waals surface area contributed by atoms with Gasteiger partial charge in [-0.3, -0.25) is 9.69 Å². The summed E-state index contributed by atoms with van der Waals surface area (Å²) in [6.07, 6.45) is 3.52. The Morgan fingerprint density at radius 2 is 2.16 bits per heavy atom. The van der Waals surface area contributed by atoms with E-state index in [0.29, 0.717) is 25.5 Å². The SMILES string of the molecule is Cn1ccc2cc(Oc3cc(CN4CCNC(=O)C4)ncn3)ccc21. The fourth-order valence-electron chi connectivity index (χ4n) is 3.02. The second kappa shape index (κ2) is 6.52. The molecule has 1 aliphatic rings. The molecule has 3 heterocycles. The Balaban J connectivity index is 1.49. The van der Waals surface area contributed by atoms with Crippen LogP contribution >= 0.6 is 0 Å². The smallest absolute Gasteiger partial charge is 0.234 e. The molecule has 1 aromatic carbocycles. The van der Waals surface area contributed by atoms with Crippen molar-refractivity contribution in [2.24, 2.45) is 7.05 Å². The summed E-state index contributed by atoms with van der Waals surface area (Å²) in [5.41, 5.74) is 1.99. The number of hydrogen-bond acceptors (Lipinski definition) is 5. The van der Waals surface area contributed by atoms with Gasteiger partial charge < -0.3 is 14.6 Å². The van der Waals surface area contributed by atoms with Gasteiger partial charge in [-0.1, -0.05) is 0 Å². The van der Waals surface area contributed by atoms with Crippen molar-refractivity contribution < 1.29 is 9.53 Å². The molecule has 0 spiro atoms. The predicted molar refractivity (Wildman–Crippen MR) is 93.3 cm³/mol. The second-order valence-corrected chi connectivity index (χ2v) is 6.16. The van der Waals surface area contributed by atoms with E-state index in [2.05, 4.69) is 30.8 Å². The highest BCUT2D eigenvalue weighted by atomic mass is 16.5. The third-order valence-electron chi connectivity index (χ3n) is 4.28. The van der Waals surface area contributed by atoms with Crippen LogP contribution in [-0.2, 0) is 18.4 Å². The number of fused-ring (bicyclic) bond motifs is 1. The van der Waals surface area contributed by atoms with Gasteiger partial charge in [0, 0.05) is 49.8 Å². The Bertz CT molecular complexity index is 921. The monoisotopic (exact) mass is 337 g/mol. The summed E-state index contributed by atoms with van der Waals surface area (Å²) in [6.45, 7) is 2.48. The maximum absolute atomic E-state index is 11.5. The molecule has 3 aromatic rings. The Morgan fingerprint density at radius 1 is 1.24 bits per heavy atom. The van der Waals surface area contributed by atoms with Crippen molar-refractivity contribution in [3.63, 3.8) is 0 Å². The highest BCUT2D eigenvalue weighted by Crippen LogP contribution is 2.25. The molecular formula is C18H19N5O2. The molecule has 0 unspecified atom stereocenters. The first-order chi connectivity index (χ1) is 12.2. The number of carbonyl (C=O) groups is 1. The molecule has 1 amide bonds. The van der Waals surface area contributed by atoms with E-state index in [4.69, 9.17) is 4.74 Å². The number of amides is 1. The molecule has 128 valence electrons. The number of nitrogens with one attached hydrogen (secondary N) is 1. The zero-order valence-electron chi connectivity index (χ0n) is 14.0. The topological polar surface area (TPSA) is 72.3 Å². The Kier molecular flexibility index (Phi) is 4.07. The lowest BCUT2D eigenvalue weighted by Gasteiger charge is -2.25. The van der Waals surface area contributed by atoms with E-state index in [9.17, 15) is 4.79 Å². The largest absolute Gasteiger partial charge is 0.439 e. The molecule has 0 atom stereocenters. The summed E-state index contributed by atoms with van der Waals surface area (Å²) >= 11 is 0. The summed E-state index contributed by atoms with van der Waals surface area (Å²) in [4.78, 5) is 22.0. The molecule has 0 radical (unpaired) electrons. The first kappa shape index (κ1) is 15.6. The molecule has 2 aromatic heterocycles. The van der Waals surface area contributed by atoms with Gasteiger partial charge in [0.15, 0.2) is 0 Å². The van der Waals surface area contributed by atoms with Crippen molar-refractivity contribution in [2.75, 3.05) is 19.6 Å². The number of piperazine rings is 1. The van der Waals surface area contributed by atoms with Crippen LogP contribution in [0, 0.1) is 0 Å². The fourth-order valence-corrected chi connectivity index (χ4v) is 3.02. The van der Waals surface area contributed by atoms with Crippen LogP contribution in [0.5, 0.6) is 11.6 Å². The van der Waals surface area contributed by atoms with E-state index >= 15 is 0 Å². The number of ether oxygens (including phenoxy) is 1. The average Bonchev–Trinajstić information content (AvgIpc) is 2.96. The highest BCUT2D eigenvalue weighted by molar-refractivity contribution is 5.81. The molecule has 7 heteroatoms. The molecule has 7 nitrogen and oxygen atoms in total. The molecular weight excluding hydrogens is 318 g/mol. The summed E-state index contributed by atoms with van der Waals surface area (Å²) < 4.78 is 7.95. The van der Waals surface area contributed by atoms with Crippen LogP contribution < -0.4 is 10.1 Å².